The number of aromatic nitrogens is 2. The van der Waals surface area contributed by atoms with Crippen LogP contribution in [0.15, 0.2) is 53.3 Å². The number of amides is 1. The number of nitrogens with zero attached hydrogens (tertiary/aromatic N) is 2. The summed E-state index contributed by atoms with van der Waals surface area (Å²) >= 11 is 1.38. The first-order valence-corrected chi connectivity index (χ1v) is 10.4. The molecule has 10 heteroatoms. The monoisotopic (exact) mass is 453 g/mol. The zero-order chi connectivity index (χ0) is 22.7. The maximum atomic E-state index is 12.5. The molecule has 0 saturated heterocycles. The molecule has 2 heterocycles. The Kier molecular flexibility index (Phi) is 6.04. The molecule has 0 aliphatic heterocycles. The predicted molar refractivity (Wildman–Crippen MR) is 119 cm³/mol. The second-order valence-corrected chi connectivity index (χ2v) is 7.73. The highest BCUT2D eigenvalue weighted by Crippen LogP contribution is 2.24. The smallest absolute Gasteiger partial charge is 0.325 e. The maximum absolute atomic E-state index is 12.5. The number of benzene rings is 2. The summed E-state index contributed by atoms with van der Waals surface area (Å²) in [6.45, 7) is -0.524. The molecule has 32 heavy (non-hydrogen) atoms. The number of hydrogen-bond acceptors (Lipinski definition) is 8. The Hall–Kier alpha value is -3.92. The summed E-state index contributed by atoms with van der Waals surface area (Å²) in [4.78, 5) is 41.9. The Morgan fingerprint density at radius 2 is 1.78 bits per heavy atom. The second-order valence-electron chi connectivity index (χ2n) is 6.72. The summed E-state index contributed by atoms with van der Waals surface area (Å²) in [6.07, 6.45) is 0. The lowest BCUT2D eigenvalue weighted by Crippen LogP contribution is -2.30. The van der Waals surface area contributed by atoms with Gasteiger partial charge in [-0.05, 0) is 24.3 Å². The van der Waals surface area contributed by atoms with E-state index in [9.17, 15) is 14.4 Å². The van der Waals surface area contributed by atoms with Crippen LogP contribution in [0.4, 0.5) is 0 Å². The standard InChI is InChI=1S/C22H19N3O6S/c1-29-15-7-13(8-16(10-15)30-2)21(28)23-11-20(27)31-12-14-9-19(26)25-17-5-3-4-6-18(17)32-22(25)24-14/h3-10H,11-12H2,1-2H3,(H,23,28). The van der Waals surface area contributed by atoms with E-state index in [2.05, 4.69) is 10.3 Å². The molecule has 0 aliphatic carbocycles. The van der Waals surface area contributed by atoms with Gasteiger partial charge in [0, 0.05) is 17.7 Å². The number of rotatable bonds is 7. The van der Waals surface area contributed by atoms with Gasteiger partial charge in [0.2, 0.25) is 0 Å². The van der Waals surface area contributed by atoms with Crippen molar-refractivity contribution < 1.29 is 23.8 Å². The Bertz CT molecular complexity index is 1360. The van der Waals surface area contributed by atoms with Crippen LogP contribution in [-0.4, -0.2) is 42.0 Å². The number of methoxy groups -OCH3 is 2. The van der Waals surface area contributed by atoms with E-state index in [0.29, 0.717) is 22.2 Å². The average Bonchev–Trinajstić information content (AvgIpc) is 3.19. The highest BCUT2D eigenvalue weighted by molar-refractivity contribution is 7.23. The zero-order valence-electron chi connectivity index (χ0n) is 17.3. The lowest BCUT2D eigenvalue weighted by Gasteiger charge is -2.09. The third-order valence-corrected chi connectivity index (χ3v) is 5.66. The Morgan fingerprint density at radius 1 is 1.06 bits per heavy atom. The van der Waals surface area contributed by atoms with Crippen molar-refractivity contribution in [2.75, 3.05) is 20.8 Å². The molecule has 0 aliphatic rings. The minimum Gasteiger partial charge on any atom is -0.497 e. The van der Waals surface area contributed by atoms with E-state index in [1.165, 1.54) is 48.2 Å². The number of carbonyl (C=O) groups excluding carboxylic acids is 2. The number of ether oxygens (including phenoxy) is 3. The van der Waals surface area contributed by atoms with Crippen LogP contribution in [0, 0.1) is 0 Å². The quantitative estimate of drug-likeness (QED) is 0.428. The molecular weight excluding hydrogens is 434 g/mol. The van der Waals surface area contributed by atoms with Gasteiger partial charge in [0.25, 0.3) is 11.5 Å². The van der Waals surface area contributed by atoms with Crippen LogP contribution in [0.2, 0.25) is 0 Å². The summed E-state index contributed by atoms with van der Waals surface area (Å²) in [6, 6.07) is 13.5. The molecule has 0 atom stereocenters. The van der Waals surface area contributed by atoms with Crippen molar-refractivity contribution in [2.45, 2.75) is 6.61 Å². The van der Waals surface area contributed by atoms with Crippen LogP contribution in [0.1, 0.15) is 16.1 Å². The normalized spacial score (nSPS) is 10.8. The van der Waals surface area contributed by atoms with Crippen LogP contribution in [0.5, 0.6) is 11.5 Å². The van der Waals surface area contributed by atoms with Gasteiger partial charge in [-0.3, -0.25) is 18.8 Å². The number of para-hydroxylation sites is 1. The average molecular weight is 453 g/mol. The van der Waals surface area contributed by atoms with Gasteiger partial charge in [-0.1, -0.05) is 23.5 Å². The minimum absolute atomic E-state index is 0.179. The van der Waals surface area contributed by atoms with Crippen molar-refractivity contribution >= 4 is 38.4 Å². The number of carbonyl (C=O) groups is 2. The highest BCUT2D eigenvalue weighted by atomic mass is 32.1. The molecule has 1 amide bonds. The largest absolute Gasteiger partial charge is 0.497 e. The topological polar surface area (TPSA) is 108 Å². The first kappa shape index (κ1) is 21.3. The zero-order valence-corrected chi connectivity index (χ0v) is 18.1. The van der Waals surface area contributed by atoms with Crippen LogP contribution < -0.4 is 20.3 Å². The summed E-state index contributed by atoms with van der Waals surface area (Å²) in [5.74, 6) is -0.245. The van der Waals surface area contributed by atoms with E-state index >= 15 is 0 Å². The maximum Gasteiger partial charge on any atom is 0.325 e. The van der Waals surface area contributed by atoms with Crippen molar-refractivity contribution in [3.63, 3.8) is 0 Å². The van der Waals surface area contributed by atoms with Crippen molar-refractivity contribution in [3.8, 4) is 11.5 Å². The first-order chi connectivity index (χ1) is 15.5. The number of fused-ring (bicyclic) bond motifs is 3. The van der Waals surface area contributed by atoms with Crippen LogP contribution in [-0.2, 0) is 16.1 Å². The second kappa shape index (κ2) is 9.06. The molecule has 2 aromatic heterocycles. The van der Waals surface area contributed by atoms with Crippen molar-refractivity contribution in [1.29, 1.82) is 0 Å². The van der Waals surface area contributed by atoms with E-state index in [4.69, 9.17) is 14.2 Å². The molecule has 0 unspecified atom stereocenters. The summed E-state index contributed by atoms with van der Waals surface area (Å²) in [7, 11) is 2.95. The fraction of sp³-hybridized carbons (Fsp3) is 0.182. The van der Waals surface area contributed by atoms with E-state index in [1.807, 2.05) is 24.3 Å². The van der Waals surface area contributed by atoms with Gasteiger partial charge in [-0.15, -0.1) is 0 Å². The molecule has 0 bridgehead atoms. The molecule has 164 valence electrons. The van der Waals surface area contributed by atoms with Gasteiger partial charge in [-0.2, -0.15) is 0 Å². The van der Waals surface area contributed by atoms with Gasteiger partial charge < -0.3 is 19.5 Å². The first-order valence-electron chi connectivity index (χ1n) is 9.55. The van der Waals surface area contributed by atoms with Crippen LogP contribution in [0.25, 0.3) is 15.2 Å². The summed E-state index contributed by atoms with van der Waals surface area (Å²) < 4.78 is 17.9. The van der Waals surface area contributed by atoms with Gasteiger partial charge in [0.05, 0.1) is 30.1 Å². The number of hydrogen-bond donors (Lipinski definition) is 1. The SMILES string of the molecule is COc1cc(OC)cc(C(=O)NCC(=O)OCc2cc(=O)n3c(n2)sc2ccccc23)c1. The molecule has 0 fully saturated rings. The Labute approximate surface area is 186 Å². The Morgan fingerprint density at radius 3 is 2.50 bits per heavy atom. The predicted octanol–water partition coefficient (Wildman–Crippen LogP) is 2.40. The van der Waals surface area contributed by atoms with Crippen molar-refractivity contribution in [2.24, 2.45) is 0 Å². The molecule has 0 radical (unpaired) electrons. The molecular formula is C22H19N3O6S. The van der Waals surface area contributed by atoms with E-state index < -0.39 is 11.9 Å². The molecule has 1 N–H and O–H groups in total. The third-order valence-electron chi connectivity index (χ3n) is 4.64. The van der Waals surface area contributed by atoms with Gasteiger partial charge >= 0.3 is 5.97 Å². The molecule has 4 aromatic rings. The minimum atomic E-state index is -0.661. The third kappa shape index (κ3) is 4.40. The van der Waals surface area contributed by atoms with Crippen molar-refractivity contribution in [1.82, 2.24) is 14.7 Å². The van der Waals surface area contributed by atoms with Gasteiger partial charge in [0.15, 0.2) is 4.96 Å². The number of thiazole rings is 1. The van der Waals surface area contributed by atoms with Crippen LogP contribution in [0.3, 0.4) is 0 Å². The molecule has 2 aromatic carbocycles. The fourth-order valence-electron chi connectivity index (χ4n) is 3.10. The summed E-state index contributed by atoms with van der Waals surface area (Å²) in [5, 5.41) is 2.49. The van der Waals surface area contributed by atoms with E-state index in [0.717, 1.165) is 10.2 Å². The van der Waals surface area contributed by atoms with Gasteiger partial charge in [0.1, 0.15) is 24.7 Å². The van der Waals surface area contributed by atoms with Gasteiger partial charge in [-0.25, -0.2) is 4.98 Å². The van der Waals surface area contributed by atoms with Crippen molar-refractivity contribution in [3.05, 3.63) is 70.1 Å². The fourth-order valence-corrected chi connectivity index (χ4v) is 4.15. The lowest BCUT2D eigenvalue weighted by molar-refractivity contribution is -0.143. The Balaban J connectivity index is 1.39. The molecule has 0 saturated carbocycles. The highest BCUT2D eigenvalue weighted by Gasteiger charge is 2.14. The lowest BCUT2D eigenvalue weighted by atomic mass is 10.2. The van der Waals surface area contributed by atoms with E-state index in [1.54, 1.807) is 6.07 Å². The number of nitrogens with one attached hydrogen (secondary N) is 1. The van der Waals surface area contributed by atoms with E-state index in [-0.39, 0.29) is 24.3 Å². The molecule has 4 rings (SSSR count). The molecule has 9 nitrogen and oxygen atoms in total. The number of esters is 1. The molecule has 0 spiro atoms. The summed E-state index contributed by atoms with van der Waals surface area (Å²) in [5.41, 5.74) is 1.14. The van der Waals surface area contributed by atoms with Crippen LogP contribution >= 0.6 is 11.3 Å².